The first-order chi connectivity index (χ1) is 7.16. The third-order valence-electron chi connectivity index (χ3n) is 2.94. The number of rotatable bonds is 2. The lowest BCUT2D eigenvalue weighted by molar-refractivity contribution is 0.172. The fourth-order valence-electron chi connectivity index (χ4n) is 2.06. The summed E-state index contributed by atoms with van der Waals surface area (Å²) >= 11 is 3.51. The van der Waals surface area contributed by atoms with Crippen molar-refractivity contribution in [3.63, 3.8) is 0 Å². The van der Waals surface area contributed by atoms with Crippen LogP contribution < -0.4 is 5.32 Å². The van der Waals surface area contributed by atoms with Crippen LogP contribution in [0.5, 0.6) is 0 Å². The van der Waals surface area contributed by atoms with E-state index in [0.29, 0.717) is 0 Å². The molecule has 82 valence electrons. The Morgan fingerprint density at radius 1 is 1.40 bits per heavy atom. The maximum absolute atomic E-state index is 9.73. The summed E-state index contributed by atoms with van der Waals surface area (Å²) in [5.41, 5.74) is 2.31. The quantitative estimate of drug-likeness (QED) is 0.865. The molecule has 1 saturated carbocycles. The van der Waals surface area contributed by atoms with Crippen LogP contribution in [0.1, 0.15) is 24.8 Å². The lowest BCUT2D eigenvalue weighted by atomic mass is 10.1. The summed E-state index contributed by atoms with van der Waals surface area (Å²) in [6, 6.07) is 6.43. The zero-order valence-electron chi connectivity index (χ0n) is 8.83. The van der Waals surface area contributed by atoms with E-state index in [1.807, 2.05) is 6.07 Å². The number of anilines is 1. The first-order valence-corrected chi connectivity index (χ1v) is 6.17. The average Bonchev–Trinajstić information content (AvgIpc) is 2.58. The highest BCUT2D eigenvalue weighted by atomic mass is 79.9. The Balaban J connectivity index is 2.12. The maximum atomic E-state index is 9.73. The lowest BCUT2D eigenvalue weighted by Gasteiger charge is -2.19. The first-order valence-electron chi connectivity index (χ1n) is 5.37. The molecule has 2 N–H and O–H groups in total. The number of benzene rings is 1. The summed E-state index contributed by atoms with van der Waals surface area (Å²) in [7, 11) is 0. The van der Waals surface area contributed by atoms with E-state index in [4.69, 9.17) is 0 Å². The Labute approximate surface area is 98.8 Å². The van der Waals surface area contributed by atoms with Gasteiger partial charge in [0.15, 0.2) is 0 Å². The van der Waals surface area contributed by atoms with Gasteiger partial charge in [-0.05, 0) is 59.8 Å². The predicted octanol–water partition coefficient (Wildman–Crippen LogP) is 3.08. The van der Waals surface area contributed by atoms with Crippen LogP contribution >= 0.6 is 15.9 Å². The Kier molecular flexibility index (Phi) is 3.32. The molecule has 0 saturated heterocycles. The second-order valence-corrected chi connectivity index (χ2v) is 5.09. The molecule has 1 fully saturated rings. The largest absolute Gasteiger partial charge is 0.391 e. The number of hydrogen-bond acceptors (Lipinski definition) is 2. The topological polar surface area (TPSA) is 32.3 Å². The van der Waals surface area contributed by atoms with E-state index in [2.05, 4.69) is 40.3 Å². The van der Waals surface area contributed by atoms with E-state index < -0.39 is 0 Å². The average molecular weight is 270 g/mol. The Morgan fingerprint density at radius 2 is 2.20 bits per heavy atom. The maximum Gasteiger partial charge on any atom is 0.0741 e. The fourth-order valence-corrected chi connectivity index (χ4v) is 2.42. The first kappa shape index (κ1) is 11.0. The normalized spacial score (nSPS) is 25.5. The highest BCUT2D eigenvalue weighted by molar-refractivity contribution is 9.10. The lowest BCUT2D eigenvalue weighted by Crippen LogP contribution is -2.28. The summed E-state index contributed by atoms with van der Waals surface area (Å²) in [6.07, 6.45) is 2.89. The molecule has 0 heterocycles. The van der Waals surface area contributed by atoms with Gasteiger partial charge in [0.2, 0.25) is 0 Å². The smallest absolute Gasteiger partial charge is 0.0741 e. The molecular formula is C12H16BrNO. The predicted molar refractivity (Wildman–Crippen MR) is 66.1 cm³/mol. The van der Waals surface area contributed by atoms with Crippen LogP contribution in [0.15, 0.2) is 22.7 Å². The molecule has 3 heteroatoms. The van der Waals surface area contributed by atoms with Crippen LogP contribution in [0, 0.1) is 6.92 Å². The van der Waals surface area contributed by atoms with Crippen molar-refractivity contribution in [2.75, 3.05) is 5.32 Å². The van der Waals surface area contributed by atoms with Gasteiger partial charge < -0.3 is 10.4 Å². The van der Waals surface area contributed by atoms with Crippen LogP contribution in [0.25, 0.3) is 0 Å². The van der Waals surface area contributed by atoms with Crippen molar-refractivity contribution in [3.05, 3.63) is 28.2 Å². The van der Waals surface area contributed by atoms with Gasteiger partial charge in [-0.25, -0.2) is 0 Å². The summed E-state index contributed by atoms with van der Waals surface area (Å²) in [4.78, 5) is 0. The van der Waals surface area contributed by atoms with Crippen molar-refractivity contribution < 1.29 is 5.11 Å². The zero-order chi connectivity index (χ0) is 10.8. The molecule has 0 bridgehead atoms. The van der Waals surface area contributed by atoms with Crippen LogP contribution in [0.3, 0.4) is 0 Å². The summed E-state index contributed by atoms with van der Waals surface area (Å²) < 4.78 is 1.06. The van der Waals surface area contributed by atoms with Gasteiger partial charge in [-0.1, -0.05) is 6.07 Å². The molecular weight excluding hydrogens is 254 g/mol. The molecule has 2 nitrogen and oxygen atoms in total. The molecule has 1 aromatic carbocycles. The molecule has 0 amide bonds. The number of aliphatic hydroxyl groups is 1. The van der Waals surface area contributed by atoms with Crippen molar-refractivity contribution in [2.45, 2.75) is 38.3 Å². The highest BCUT2D eigenvalue weighted by Gasteiger charge is 2.25. The molecule has 1 aliphatic rings. The fraction of sp³-hybridized carbons (Fsp3) is 0.500. The van der Waals surface area contributed by atoms with Crippen molar-refractivity contribution in [1.29, 1.82) is 0 Å². The summed E-state index contributed by atoms with van der Waals surface area (Å²) in [5.74, 6) is 0. The van der Waals surface area contributed by atoms with Crippen LogP contribution in [0.4, 0.5) is 5.69 Å². The van der Waals surface area contributed by atoms with E-state index in [-0.39, 0.29) is 12.1 Å². The van der Waals surface area contributed by atoms with Crippen molar-refractivity contribution in [2.24, 2.45) is 0 Å². The molecule has 2 rings (SSSR count). The minimum atomic E-state index is -0.197. The minimum Gasteiger partial charge on any atom is -0.391 e. The van der Waals surface area contributed by atoms with Crippen molar-refractivity contribution >= 4 is 21.6 Å². The Bertz CT molecular complexity index is 353. The Morgan fingerprint density at radius 3 is 2.87 bits per heavy atom. The van der Waals surface area contributed by atoms with Gasteiger partial charge in [0.05, 0.1) is 12.1 Å². The SMILES string of the molecule is Cc1ccc(Br)c(NC2CCCC2O)c1. The van der Waals surface area contributed by atoms with E-state index in [0.717, 1.165) is 29.4 Å². The standard InChI is InChI=1S/C12H16BrNO/c1-8-5-6-9(13)11(7-8)14-10-3-2-4-12(10)15/h5-7,10,12,14-15H,2-4H2,1H3. The molecule has 0 aromatic heterocycles. The molecule has 15 heavy (non-hydrogen) atoms. The Hall–Kier alpha value is -0.540. The number of nitrogens with one attached hydrogen (secondary N) is 1. The second kappa shape index (κ2) is 4.54. The molecule has 2 unspecified atom stereocenters. The van der Waals surface area contributed by atoms with Crippen LogP contribution in [-0.4, -0.2) is 17.3 Å². The third-order valence-corrected chi connectivity index (χ3v) is 3.63. The number of aryl methyl sites for hydroxylation is 1. The van der Waals surface area contributed by atoms with Crippen molar-refractivity contribution in [1.82, 2.24) is 0 Å². The van der Waals surface area contributed by atoms with Gasteiger partial charge in [0.25, 0.3) is 0 Å². The number of aliphatic hydroxyl groups excluding tert-OH is 1. The molecule has 0 aliphatic heterocycles. The van der Waals surface area contributed by atoms with Crippen LogP contribution in [0.2, 0.25) is 0 Å². The van der Waals surface area contributed by atoms with Crippen molar-refractivity contribution in [3.8, 4) is 0 Å². The molecule has 2 atom stereocenters. The van der Waals surface area contributed by atoms with E-state index in [1.165, 1.54) is 5.56 Å². The van der Waals surface area contributed by atoms with Gasteiger partial charge in [0.1, 0.15) is 0 Å². The number of halogens is 1. The molecule has 0 radical (unpaired) electrons. The van der Waals surface area contributed by atoms with Gasteiger partial charge in [-0.15, -0.1) is 0 Å². The summed E-state index contributed by atoms with van der Waals surface area (Å²) in [5, 5.41) is 13.1. The zero-order valence-corrected chi connectivity index (χ0v) is 10.4. The monoisotopic (exact) mass is 269 g/mol. The molecule has 1 aliphatic carbocycles. The van der Waals surface area contributed by atoms with Crippen LogP contribution in [-0.2, 0) is 0 Å². The van der Waals surface area contributed by atoms with E-state index in [1.54, 1.807) is 0 Å². The third kappa shape index (κ3) is 2.52. The minimum absolute atomic E-state index is 0.197. The van der Waals surface area contributed by atoms with Gasteiger partial charge in [0, 0.05) is 10.2 Å². The van der Waals surface area contributed by atoms with E-state index in [9.17, 15) is 5.11 Å². The number of hydrogen-bond donors (Lipinski definition) is 2. The molecule has 0 spiro atoms. The van der Waals surface area contributed by atoms with Gasteiger partial charge in [-0.3, -0.25) is 0 Å². The highest BCUT2D eigenvalue weighted by Crippen LogP contribution is 2.28. The summed E-state index contributed by atoms with van der Waals surface area (Å²) in [6.45, 7) is 2.07. The molecule has 1 aromatic rings. The second-order valence-electron chi connectivity index (χ2n) is 4.23. The van der Waals surface area contributed by atoms with Gasteiger partial charge in [-0.2, -0.15) is 0 Å². The van der Waals surface area contributed by atoms with E-state index >= 15 is 0 Å². The van der Waals surface area contributed by atoms with Gasteiger partial charge >= 0.3 is 0 Å².